The fourth-order valence-corrected chi connectivity index (χ4v) is 4.10. The molecule has 0 unspecified atom stereocenters. The maximum atomic E-state index is 5.55. The van der Waals surface area contributed by atoms with Crippen LogP contribution in [0.15, 0.2) is 72.8 Å². The summed E-state index contributed by atoms with van der Waals surface area (Å²) in [5.41, 5.74) is 7.07. The summed E-state index contributed by atoms with van der Waals surface area (Å²) < 4.78 is 21.7. The number of H-pyrrole nitrogens is 2. The molecule has 8 nitrogen and oxygen atoms in total. The number of hydrogen-bond donors (Lipinski definition) is 2. The molecule has 0 radical (unpaired) electrons. The summed E-state index contributed by atoms with van der Waals surface area (Å²) in [4.78, 5) is 0. The van der Waals surface area contributed by atoms with Crippen LogP contribution in [-0.2, 0) is 0 Å². The van der Waals surface area contributed by atoms with E-state index in [1.807, 2.05) is 66.7 Å². The smallest absolute Gasteiger partial charge is 0.131 e. The van der Waals surface area contributed by atoms with Gasteiger partial charge in [-0.2, -0.15) is 10.2 Å². The van der Waals surface area contributed by atoms with Crippen LogP contribution in [0, 0.1) is 0 Å². The summed E-state index contributed by atoms with van der Waals surface area (Å²) in [5.74, 6) is 2.87. The summed E-state index contributed by atoms with van der Waals surface area (Å²) in [6, 6.07) is 23.5. The zero-order valence-electron chi connectivity index (χ0n) is 20.5. The molecule has 5 aromatic rings. The molecule has 2 N–H and O–H groups in total. The highest BCUT2D eigenvalue weighted by Gasteiger charge is 2.14. The van der Waals surface area contributed by atoms with Crippen LogP contribution in [0.1, 0.15) is 0 Å². The van der Waals surface area contributed by atoms with Gasteiger partial charge in [0, 0.05) is 34.4 Å². The number of nitrogens with zero attached hydrogens (tertiary/aromatic N) is 2. The summed E-state index contributed by atoms with van der Waals surface area (Å²) in [5, 5.41) is 15.3. The Morgan fingerprint density at radius 1 is 0.528 bits per heavy atom. The predicted molar refractivity (Wildman–Crippen MR) is 139 cm³/mol. The molecule has 8 heteroatoms. The van der Waals surface area contributed by atoms with Crippen molar-refractivity contribution in [3.05, 3.63) is 72.8 Å². The van der Waals surface area contributed by atoms with E-state index in [9.17, 15) is 0 Å². The first-order valence-electron chi connectivity index (χ1n) is 11.3. The van der Waals surface area contributed by atoms with Gasteiger partial charge in [0.05, 0.1) is 51.2 Å². The topological polar surface area (TPSA) is 94.3 Å². The number of benzene rings is 3. The standard InChI is InChI=1S/C28H26N4O4/c1-33-19-8-10-21(27(13-19)35-3)25-15-23(29-31-25)17-6-5-7-18(12-17)24-16-26(32-30-24)22-11-9-20(34-2)14-28(22)36-4/h5-16H,1-4H3,(H,29,31)(H,30,32). The lowest BCUT2D eigenvalue weighted by atomic mass is 10.0. The van der Waals surface area contributed by atoms with Gasteiger partial charge < -0.3 is 18.9 Å². The zero-order chi connectivity index (χ0) is 25.1. The van der Waals surface area contributed by atoms with Crippen LogP contribution in [0.2, 0.25) is 0 Å². The highest BCUT2D eigenvalue weighted by Crippen LogP contribution is 2.36. The maximum absolute atomic E-state index is 5.55. The van der Waals surface area contributed by atoms with Gasteiger partial charge in [0.2, 0.25) is 0 Å². The van der Waals surface area contributed by atoms with E-state index in [4.69, 9.17) is 18.9 Å². The van der Waals surface area contributed by atoms with Crippen LogP contribution in [0.4, 0.5) is 0 Å². The van der Waals surface area contributed by atoms with Crippen molar-refractivity contribution in [2.45, 2.75) is 0 Å². The fraction of sp³-hybridized carbons (Fsp3) is 0.143. The minimum absolute atomic E-state index is 0.705. The van der Waals surface area contributed by atoms with Crippen LogP contribution in [0.5, 0.6) is 23.0 Å². The van der Waals surface area contributed by atoms with Gasteiger partial charge in [0.15, 0.2) is 0 Å². The Bertz CT molecular complexity index is 1400. The van der Waals surface area contributed by atoms with E-state index in [0.29, 0.717) is 11.5 Å². The van der Waals surface area contributed by atoms with Gasteiger partial charge in [0.1, 0.15) is 23.0 Å². The first-order valence-corrected chi connectivity index (χ1v) is 11.3. The second-order valence-corrected chi connectivity index (χ2v) is 8.05. The fourth-order valence-electron chi connectivity index (χ4n) is 4.10. The van der Waals surface area contributed by atoms with E-state index in [1.165, 1.54) is 0 Å². The monoisotopic (exact) mass is 482 g/mol. The molecule has 2 aromatic heterocycles. The van der Waals surface area contributed by atoms with Gasteiger partial charge in [-0.1, -0.05) is 18.2 Å². The third kappa shape index (κ3) is 4.36. The zero-order valence-corrected chi connectivity index (χ0v) is 20.5. The van der Waals surface area contributed by atoms with E-state index in [-0.39, 0.29) is 0 Å². The Morgan fingerprint density at radius 3 is 1.42 bits per heavy atom. The normalized spacial score (nSPS) is 10.8. The molecule has 182 valence electrons. The van der Waals surface area contributed by atoms with Gasteiger partial charge >= 0.3 is 0 Å². The Labute approximate surface area is 208 Å². The van der Waals surface area contributed by atoms with E-state index >= 15 is 0 Å². The van der Waals surface area contributed by atoms with E-state index in [1.54, 1.807) is 28.4 Å². The van der Waals surface area contributed by atoms with Crippen molar-refractivity contribution in [2.24, 2.45) is 0 Å². The minimum Gasteiger partial charge on any atom is -0.497 e. The summed E-state index contributed by atoms with van der Waals surface area (Å²) in [6.07, 6.45) is 0. The molecule has 5 rings (SSSR count). The van der Waals surface area contributed by atoms with Crippen LogP contribution in [-0.4, -0.2) is 48.8 Å². The Hall–Kier alpha value is -4.72. The summed E-state index contributed by atoms with van der Waals surface area (Å²) in [7, 11) is 6.54. The lowest BCUT2D eigenvalue weighted by Gasteiger charge is -2.08. The third-order valence-corrected chi connectivity index (χ3v) is 6.01. The molecule has 0 spiro atoms. The van der Waals surface area contributed by atoms with Crippen molar-refractivity contribution in [1.82, 2.24) is 20.4 Å². The molecule has 0 aliphatic carbocycles. The number of methoxy groups -OCH3 is 4. The molecule has 0 bridgehead atoms. The number of aromatic nitrogens is 4. The predicted octanol–water partition coefficient (Wildman–Crippen LogP) is 5.84. The molecule has 0 aliphatic heterocycles. The van der Waals surface area contributed by atoms with E-state index in [0.717, 1.165) is 56.5 Å². The van der Waals surface area contributed by atoms with Crippen molar-refractivity contribution >= 4 is 0 Å². The van der Waals surface area contributed by atoms with E-state index < -0.39 is 0 Å². The average molecular weight is 483 g/mol. The van der Waals surface area contributed by atoms with Gasteiger partial charge in [-0.15, -0.1) is 0 Å². The van der Waals surface area contributed by atoms with Gasteiger partial charge in [-0.05, 0) is 42.5 Å². The molecule has 2 heterocycles. The summed E-state index contributed by atoms with van der Waals surface area (Å²) in [6.45, 7) is 0. The Morgan fingerprint density at radius 2 is 1.00 bits per heavy atom. The van der Waals surface area contributed by atoms with Crippen LogP contribution >= 0.6 is 0 Å². The van der Waals surface area contributed by atoms with Crippen LogP contribution < -0.4 is 18.9 Å². The van der Waals surface area contributed by atoms with Crippen LogP contribution in [0.25, 0.3) is 45.0 Å². The van der Waals surface area contributed by atoms with Crippen molar-refractivity contribution in [3.8, 4) is 68.0 Å². The van der Waals surface area contributed by atoms with Crippen molar-refractivity contribution < 1.29 is 18.9 Å². The first kappa shape index (κ1) is 23.0. The second kappa shape index (κ2) is 9.87. The van der Waals surface area contributed by atoms with Crippen LogP contribution in [0.3, 0.4) is 0 Å². The molecule has 0 atom stereocenters. The first-order chi connectivity index (χ1) is 17.6. The Kier molecular flexibility index (Phi) is 6.32. The van der Waals surface area contributed by atoms with E-state index in [2.05, 4.69) is 26.5 Å². The average Bonchev–Trinajstić information content (AvgIpc) is 3.63. The minimum atomic E-state index is 0.705. The number of nitrogens with one attached hydrogen (secondary N) is 2. The molecule has 0 amide bonds. The lowest BCUT2D eigenvalue weighted by Crippen LogP contribution is -1.90. The quantitative estimate of drug-likeness (QED) is 0.289. The maximum Gasteiger partial charge on any atom is 0.131 e. The molecule has 3 aromatic carbocycles. The van der Waals surface area contributed by atoms with Gasteiger partial charge in [-0.25, -0.2) is 0 Å². The highest BCUT2D eigenvalue weighted by atomic mass is 16.5. The molecule has 0 aliphatic rings. The lowest BCUT2D eigenvalue weighted by molar-refractivity contribution is 0.395. The molecular formula is C28H26N4O4. The number of ether oxygens (including phenoxy) is 4. The molecule has 0 fully saturated rings. The van der Waals surface area contributed by atoms with Crippen molar-refractivity contribution in [2.75, 3.05) is 28.4 Å². The van der Waals surface area contributed by atoms with Gasteiger partial charge in [-0.3, -0.25) is 10.2 Å². The molecule has 0 saturated carbocycles. The van der Waals surface area contributed by atoms with Gasteiger partial charge in [0.25, 0.3) is 0 Å². The molecule has 36 heavy (non-hydrogen) atoms. The summed E-state index contributed by atoms with van der Waals surface area (Å²) >= 11 is 0. The highest BCUT2D eigenvalue weighted by molar-refractivity contribution is 5.77. The number of rotatable bonds is 8. The second-order valence-electron chi connectivity index (χ2n) is 8.05. The number of aromatic amines is 2. The Balaban J connectivity index is 1.44. The van der Waals surface area contributed by atoms with Crippen molar-refractivity contribution in [1.29, 1.82) is 0 Å². The molecular weight excluding hydrogens is 456 g/mol. The largest absolute Gasteiger partial charge is 0.497 e. The molecule has 0 saturated heterocycles. The SMILES string of the molecule is COc1ccc(-c2cc(-c3cccc(-c4cc(-c5ccc(OC)cc5OC)[nH]n4)c3)n[nH]2)c(OC)c1. The van der Waals surface area contributed by atoms with Crippen molar-refractivity contribution in [3.63, 3.8) is 0 Å². The number of hydrogen-bond acceptors (Lipinski definition) is 6. The third-order valence-electron chi connectivity index (χ3n) is 6.01.